The van der Waals surface area contributed by atoms with Crippen molar-refractivity contribution in [1.29, 1.82) is 0 Å². The minimum atomic E-state index is -0.780. The number of nitrogens with zero attached hydrogens (tertiary/aromatic N) is 5. The maximum Gasteiger partial charge on any atom is 0.259 e. The number of aromatic nitrogens is 5. The molecule has 1 aromatic carbocycles. The van der Waals surface area contributed by atoms with Crippen molar-refractivity contribution >= 4 is 27.5 Å². The minimum Gasteiger partial charge on any atom is -0.497 e. The molecular weight excluding hydrogens is 454 g/mol. The van der Waals surface area contributed by atoms with E-state index in [0.29, 0.717) is 33.8 Å². The number of carbonyl (C=O) groups is 1. The lowest BCUT2D eigenvalue weighted by molar-refractivity contribution is -0.126. The van der Waals surface area contributed by atoms with Crippen molar-refractivity contribution in [1.82, 2.24) is 25.4 Å². The largest absolute Gasteiger partial charge is 0.497 e. The van der Waals surface area contributed by atoms with Crippen LogP contribution in [0.4, 0.5) is 10.3 Å². The Morgan fingerprint density at radius 2 is 1.88 bits per heavy atom. The molecule has 10 nitrogen and oxygen atoms in total. The van der Waals surface area contributed by atoms with E-state index in [0.717, 1.165) is 24.8 Å². The van der Waals surface area contributed by atoms with Gasteiger partial charge in [0.1, 0.15) is 5.75 Å². The van der Waals surface area contributed by atoms with Crippen LogP contribution in [0.1, 0.15) is 43.7 Å². The zero-order valence-electron chi connectivity index (χ0n) is 19.5. The summed E-state index contributed by atoms with van der Waals surface area (Å²) in [4.78, 5) is 17.0. The lowest BCUT2D eigenvalue weighted by Gasteiger charge is -2.18. The first-order chi connectivity index (χ1) is 16.5. The molecule has 0 spiro atoms. The highest BCUT2D eigenvalue weighted by molar-refractivity contribution is 7.19. The van der Waals surface area contributed by atoms with Crippen LogP contribution in [0.25, 0.3) is 0 Å². The summed E-state index contributed by atoms with van der Waals surface area (Å²) < 4.78 is 10.6. The lowest BCUT2D eigenvalue weighted by Crippen LogP contribution is -2.22. The number of methoxy groups -OCH3 is 2. The third-order valence-electron chi connectivity index (χ3n) is 4.99. The molecule has 2 atom stereocenters. The summed E-state index contributed by atoms with van der Waals surface area (Å²) in [6, 6.07) is 7.27. The molecule has 34 heavy (non-hydrogen) atoms. The second-order valence-electron chi connectivity index (χ2n) is 7.61. The average molecular weight is 484 g/mol. The number of hydrogen-bond acceptors (Lipinski definition) is 10. The number of rotatable bonds is 13. The van der Waals surface area contributed by atoms with Gasteiger partial charge in [-0.2, -0.15) is 5.10 Å². The molecule has 0 radical (unpaired) electrons. The van der Waals surface area contributed by atoms with Gasteiger partial charge in [-0.25, -0.2) is 4.98 Å². The highest BCUT2D eigenvalue weighted by Gasteiger charge is 2.22. The summed E-state index contributed by atoms with van der Waals surface area (Å²) in [6.45, 7) is 6.29. The molecule has 2 unspecified atom stereocenters. The number of hydrogen-bond donors (Lipinski definition) is 2. The van der Waals surface area contributed by atoms with Gasteiger partial charge in [-0.3, -0.25) is 10.1 Å². The Hall–Kier alpha value is -3.44. The first kappa shape index (κ1) is 25.2. The third kappa shape index (κ3) is 7.29. The topological polar surface area (TPSA) is 124 Å². The fourth-order valence-electron chi connectivity index (χ4n) is 3.42. The zero-order chi connectivity index (χ0) is 24.3. The summed E-state index contributed by atoms with van der Waals surface area (Å²) >= 11 is 1.27. The van der Waals surface area contributed by atoms with E-state index < -0.39 is 6.10 Å². The Bertz CT molecular complexity index is 1060. The van der Waals surface area contributed by atoms with E-state index >= 15 is 0 Å². The number of nitrogens with one attached hydrogen (secondary N) is 2. The highest BCUT2D eigenvalue weighted by Crippen LogP contribution is 2.26. The molecule has 2 heterocycles. The summed E-state index contributed by atoms with van der Waals surface area (Å²) in [5.74, 6) is 1.02. The van der Waals surface area contributed by atoms with Crippen LogP contribution >= 0.6 is 11.3 Å². The van der Waals surface area contributed by atoms with Crippen LogP contribution in [0.3, 0.4) is 0 Å². The quantitative estimate of drug-likeness (QED) is 0.349. The van der Waals surface area contributed by atoms with E-state index in [-0.39, 0.29) is 11.9 Å². The number of benzene rings is 1. The molecular formula is C23H29N7O3S. The maximum absolute atomic E-state index is 12.8. The summed E-state index contributed by atoms with van der Waals surface area (Å²) in [5, 5.41) is 23.4. The second kappa shape index (κ2) is 12.7. The molecule has 1 amide bonds. The van der Waals surface area contributed by atoms with Gasteiger partial charge in [0.2, 0.25) is 10.3 Å². The summed E-state index contributed by atoms with van der Waals surface area (Å²) in [6.07, 6.45) is 5.61. The number of ether oxygens (including phenoxy) is 2. The normalized spacial score (nSPS) is 12.6. The first-order valence-corrected chi connectivity index (χ1v) is 11.7. The maximum atomic E-state index is 12.8. The van der Waals surface area contributed by atoms with Crippen molar-refractivity contribution in [2.45, 2.75) is 44.8 Å². The van der Waals surface area contributed by atoms with Crippen LogP contribution < -0.4 is 15.4 Å². The molecule has 2 N–H and O–H groups in total. The minimum absolute atomic E-state index is 0.122. The van der Waals surface area contributed by atoms with E-state index in [1.807, 2.05) is 0 Å². The monoisotopic (exact) mass is 483 g/mol. The van der Waals surface area contributed by atoms with Crippen molar-refractivity contribution in [2.24, 2.45) is 0 Å². The van der Waals surface area contributed by atoms with Crippen molar-refractivity contribution < 1.29 is 14.3 Å². The molecule has 0 aliphatic heterocycles. The molecule has 11 heteroatoms. The van der Waals surface area contributed by atoms with Crippen LogP contribution in [0, 0.1) is 0 Å². The van der Waals surface area contributed by atoms with E-state index in [1.165, 1.54) is 18.4 Å². The fraction of sp³-hybridized carbons (Fsp3) is 0.391. The number of anilines is 2. The van der Waals surface area contributed by atoms with Gasteiger partial charge in [0, 0.05) is 25.8 Å². The molecule has 3 rings (SSSR count). The van der Waals surface area contributed by atoms with Gasteiger partial charge in [0.15, 0.2) is 11.9 Å². The van der Waals surface area contributed by atoms with E-state index in [2.05, 4.69) is 49.5 Å². The Morgan fingerprint density at radius 1 is 1.12 bits per heavy atom. The van der Waals surface area contributed by atoms with Gasteiger partial charge in [-0.1, -0.05) is 49.0 Å². The number of amides is 1. The smallest absolute Gasteiger partial charge is 0.259 e. The molecule has 0 saturated carbocycles. The van der Waals surface area contributed by atoms with E-state index in [4.69, 9.17) is 9.47 Å². The van der Waals surface area contributed by atoms with Gasteiger partial charge in [-0.05, 0) is 30.5 Å². The molecule has 0 aliphatic carbocycles. The Morgan fingerprint density at radius 3 is 2.53 bits per heavy atom. The van der Waals surface area contributed by atoms with Crippen molar-refractivity contribution in [3.05, 3.63) is 60.2 Å². The Balaban J connectivity index is 1.58. The highest BCUT2D eigenvalue weighted by atomic mass is 32.1. The van der Waals surface area contributed by atoms with Crippen molar-refractivity contribution in [2.75, 3.05) is 24.9 Å². The van der Waals surface area contributed by atoms with Gasteiger partial charge in [0.25, 0.3) is 5.91 Å². The van der Waals surface area contributed by atoms with Crippen molar-refractivity contribution in [3.63, 3.8) is 0 Å². The zero-order valence-corrected chi connectivity index (χ0v) is 20.3. The number of carbonyl (C=O) groups excluding carboxylic acids is 1. The van der Waals surface area contributed by atoms with Crippen LogP contribution in [0.5, 0.6) is 5.75 Å². The lowest BCUT2D eigenvalue weighted by atomic mass is 10.0. The molecule has 2 aromatic heterocycles. The van der Waals surface area contributed by atoms with Crippen molar-refractivity contribution in [3.8, 4) is 5.75 Å². The van der Waals surface area contributed by atoms with Crippen LogP contribution in [0.2, 0.25) is 0 Å². The SMILES string of the molecule is C=C(Cc1nccnn1)CC(CCC)Nc1nnc(NC(=O)C(OC)c2ccc(OC)cc2)s1. The molecule has 0 saturated heterocycles. The van der Waals surface area contributed by atoms with Crippen LogP contribution in [-0.4, -0.2) is 51.5 Å². The predicted molar refractivity (Wildman–Crippen MR) is 131 cm³/mol. The van der Waals surface area contributed by atoms with Crippen LogP contribution in [-0.2, 0) is 16.0 Å². The Labute approximate surface area is 202 Å². The molecule has 3 aromatic rings. The molecule has 180 valence electrons. The van der Waals surface area contributed by atoms with Crippen LogP contribution in [0.15, 0.2) is 48.8 Å². The van der Waals surface area contributed by atoms with E-state index in [1.54, 1.807) is 43.8 Å². The van der Waals surface area contributed by atoms with Gasteiger partial charge < -0.3 is 14.8 Å². The standard InChI is InChI=1S/C23H29N7O3S/c1-5-6-17(13-15(2)14-19-24-11-12-25-28-19)26-22-29-30-23(34-22)27-21(31)20(33-4)16-7-9-18(32-3)10-8-16/h7-12,17,20H,2,5-6,13-14H2,1,3-4H3,(H,26,29)(H,27,30,31). The summed E-state index contributed by atoms with van der Waals surface area (Å²) in [5.41, 5.74) is 1.71. The fourth-order valence-corrected chi connectivity index (χ4v) is 4.15. The Kier molecular flexibility index (Phi) is 9.41. The second-order valence-corrected chi connectivity index (χ2v) is 8.59. The van der Waals surface area contributed by atoms with Gasteiger partial charge in [-0.15, -0.1) is 15.3 Å². The summed E-state index contributed by atoms with van der Waals surface area (Å²) in [7, 11) is 3.08. The first-order valence-electron chi connectivity index (χ1n) is 10.9. The third-order valence-corrected chi connectivity index (χ3v) is 5.76. The molecule has 0 aliphatic rings. The molecule has 0 bridgehead atoms. The predicted octanol–water partition coefficient (Wildman–Crippen LogP) is 3.83. The van der Waals surface area contributed by atoms with Gasteiger partial charge >= 0.3 is 0 Å². The van der Waals surface area contributed by atoms with E-state index in [9.17, 15) is 4.79 Å². The average Bonchev–Trinajstić information content (AvgIpc) is 3.27. The van der Waals surface area contributed by atoms with Gasteiger partial charge in [0.05, 0.1) is 13.3 Å². The molecule has 0 fully saturated rings.